The van der Waals surface area contributed by atoms with Gasteiger partial charge in [-0.1, -0.05) is 0 Å². The first-order chi connectivity index (χ1) is 8.47. The van der Waals surface area contributed by atoms with E-state index in [-0.39, 0.29) is 19.3 Å². The van der Waals surface area contributed by atoms with Gasteiger partial charge in [-0.05, 0) is 21.0 Å². The van der Waals surface area contributed by atoms with E-state index in [1.807, 2.05) is 0 Å². The summed E-state index contributed by atoms with van der Waals surface area (Å²) in [5, 5.41) is 24.8. The van der Waals surface area contributed by atoms with Crippen LogP contribution in [0.2, 0.25) is 0 Å². The number of hydrogen-bond donors (Lipinski definition) is 3. The highest BCUT2D eigenvalue weighted by Crippen LogP contribution is 1.88. The second-order valence-corrected chi connectivity index (χ2v) is 3.65. The molecule has 1 atom stereocenters. The number of nitrogens with zero attached hydrogens (tertiary/aromatic N) is 1. The van der Waals surface area contributed by atoms with Gasteiger partial charge >= 0.3 is 5.97 Å². The van der Waals surface area contributed by atoms with Crippen molar-refractivity contribution in [2.75, 3.05) is 53.7 Å². The number of carboxylic acid groups (broad SMARTS) is 1. The minimum Gasteiger partial charge on any atom is -0.480 e. The van der Waals surface area contributed by atoms with Crippen molar-refractivity contribution >= 4 is 5.97 Å². The molecule has 0 heterocycles. The molecule has 1 unspecified atom stereocenters. The zero-order valence-corrected chi connectivity index (χ0v) is 11.3. The predicted octanol–water partition coefficient (Wildman–Crippen LogP) is -0.975. The molecule has 0 aliphatic rings. The Balaban J connectivity index is 0. The van der Waals surface area contributed by atoms with Crippen LogP contribution in [0.25, 0.3) is 0 Å². The normalized spacial score (nSPS) is 11.9. The van der Waals surface area contributed by atoms with E-state index in [1.54, 1.807) is 25.9 Å². The monoisotopic (exact) mass is 267 g/mol. The molecule has 0 radical (unpaired) electrons. The lowest BCUT2D eigenvalue weighted by atomic mass is 10.3. The van der Waals surface area contributed by atoms with Crippen molar-refractivity contribution in [2.45, 2.75) is 13.0 Å². The van der Waals surface area contributed by atoms with E-state index >= 15 is 0 Å². The summed E-state index contributed by atoms with van der Waals surface area (Å²) in [6.45, 7) is 3.37. The lowest BCUT2D eigenvalue weighted by molar-refractivity contribution is -0.141. The van der Waals surface area contributed by atoms with Crippen LogP contribution < -0.4 is 0 Å². The Kier molecular flexibility index (Phi) is 15.6. The molecule has 110 valence electrons. The molecule has 0 saturated heterocycles. The lowest BCUT2D eigenvalue weighted by Crippen LogP contribution is -2.32. The molecule has 7 nitrogen and oxygen atoms in total. The van der Waals surface area contributed by atoms with Crippen LogP contribution in [0.1, 0.15) is 6.92 Å². The summed E-state index contributed by atoms with van der Waals surface area (Å²) < 4.78 is 9.75. The maximum absolute atomic E-state index is 10.1. The van der Waals surface area contributed by atoms with Crippen LogP contribution in [0.3, 0.4) is 0 Å². The number of aliphatic hydroxyl groups excluding tert-OH is 2. The van der Waals surface area contributed by atoms with Crippen molar-refractivity contribution in [1.29, 1.82) is 0 Å². The summed E-state index contributed by atoms with van der Waals surface area (Å²) in [5.41, 5.74) is 0. The molecule has 0 fully saturated rings. The van der Waals surface area contributed by atoms with Crippen LogP contribution in [0, 0.1) is 0 Å². The molecule has 18 heavy (non-hydrogen) atoms. The van der Waals surface area contributed by atoms with Crippen molar-refractivity contribution in [3.63, 3.8) is 0 Å². The number of likely N-dealkylation sites (N-methyl/N-ethyl adjacent to an activating group) is 1. The zero-order chi connectivity index (χ0) is 14.4. The summed E-state index contributed by atoms with van der Waals surface area (Å²) >= 11 is 0. The Labute approximate surface area is 108 Å². The van der Waals surface area contributed by atoms with Crippen LogP contribution in [0.15, 0.2) is 0 Å². The molecule has 0 saturated carbocycles. The fraction of sp³-hybridized carbons (Fsp3) is 0.909. The Hall–Kier alpha value is -0.730. The summed E-state index contributed by atoms with van der Waals surface area (Å²) in [6.07, 6.45) is 0. The van der Waals surface area contributed by atoms with Gasteiger partial charge in [-0.25, -0.2) is 0 Å². The minimum absolute atomic E-state index is 0.0417. The molecule has 0 bridgehead atoms. The average molecular weight is 267 g/mol. The summed E-state index contributed by atoms with van der Waals surface area (Å²) in [4.78, 5) is 11.7. The number of hydrogen-bond acceptors (Lipinski definition) is 6. The Bertz CT molecular complexity index is 180. The maximum Gasteiger partial charge on any atom is 0.320 e. The third-order valence-electron chi connectivity index (χ3n) is 1.98. The molecular formula is C11H25NO6. The molecule has 0 aliphatic heterocycles. The number of aliphatic hydroxyl groups is 2. The molecule has 0 aromatic rings. The van der Waals surface area contributed by atoms with Crippen LogP contribution in [0.4, 0.5) is 0 Å². The van der Waals surface area contributed by atoms with E-state index in [0.717, 1.165) is 0 Å². The van der Waals surface area contributed by atoms with Gasteiger partial charge in [0, 0.05) is 0 Å². The molecular weight excluding hydrogens is 242 g/mol. The molecule has 7 heteroatoms. The van der Waals surface area contributed by atoms with E-state index in [2.05, 4.69) is 0 Å². The van der Waals surface area contributed by atoms with Crippen molar-refractivity contribution in [1.82, 2.24) is 4.90 Å². The first-order valence-electron chi connectivity index (χ1n) is 5.73. The molecule has 0 aliphatic carbocycles. The molecule has 0 spiro atoms. The molecule has 3 N–H and O–H groups in total. The number of aliphatic carboxylic acids is 1. The van der Waals surface area contributed by atoms with Crippen molar-refractivity contribution < 1.29 is 29.6 Å². The smallest absolute Gasteiger partial charge is 0.320 e. The van der Waals surface area contributed by atoms with Gasteiger partial charge < -0.3 is 24.8 Å². The maximum atomic E-state index is 10.1. The molecule has 0 aromatic heterocycles. The number of rotatable bonds is 9. The largest absolute Gasteiger partial charge is 0.480 e. The van der Waals surface area contributed by atoms with Gasteiger partial charge in [0.2, 0.25) is 0 Å². The van der Waals surface area contributed by atoms with Crippen molar-refractivity contribution in [2.24, 2.45) is 0 Å². The van der Waals surface area contributed by atoms with Crippen LogP contribution in [-0.4, -0.2) is 86.0 Å². The van der Waals surface area contributed by atoms with Gasteiger partial charge in [-0.2, -0.15) is 0 Å². The van der Waals surface area contributed by atoms with Crippen molar-refractivity contribution in [3.8, 4) is 0 Å². The number of carbonyl (C=O) groups is 1. The van der Waals surface area contributed by atoms with Crippen LogP contribution in [-0.2, 0) is 14.3 Å². The third-order valence-corrected chi connectivity index (χ3v) is 1.98. The Morgan fingerprint density at radius 3 is 1.61 bits per heavy atom. The van der Waals surface area contributed by atoms with Gasteiger partial charge in [0.25, 0.3) is 0 Å². The predicted molar refractivity (Wildman–Crippen MR) is 66.6 cm³/mol. The number of carboxylic acids is 1. The number of ether oxygens (including phenoxy) is 2. The minimum atomic E-state index is -0.782. The molecule has 0 aromatic carbocycles. The van der Waals surface area contributed by atoms with E-state index < -0.39 is 5.97 Å². The molecule has 0 amide bonds. The summed E-state index contributed by atoms with van der Waals surface area (Å²) in [7, 11) is 3.47. The lowest BCUT2D eigenvalue weighted by Gasteiger charge is -2.13. The highest BCUT2D eigenvalue weighted by molar-refractivity contribution is 5.72. The van der Waals surface area contributed by atoms with Gasteiger partial charge in [0.15, 0.2) is 0 Å². The second kappa shape index (κ2) is 14.3. The standard InChI is InChI=1S/C6H14O4.C5H11NO2/c7-1-3-9-5-6-10-4-2-8;1-4(5(7)8)6(2)3/h7-8H,1-6H2;4H,1-3H3,(H,7,8). The highest BCUT2D eigenvalue weighted by Gasteiger charge is 2.11. The van der Waals surface area contributed by atoms with Crippen LogP contribution in [0.5, 0.6) is 0 Å². The fourth-order valence-corrected chi connectivity index (χ4v) is 0.672. The van der Waals surface area contributed by atoms with E-state index in [0.29, 0.717) is 26.4 Å². The first-order valence-corrected chi connectivity index (χ1v) is 5.73. The van der Waals surface area contributed by atoms with E-state index in [9.17, 15) is 4.79 Å². The molecule has 0 rings (SSSR count). The average Bonchev–Trinajstić information content (AvgIpc) is 2.33. The Morgan fingerprint density at radius 1 is 1.06 bits per heavy atom. The van der Waals surface area contributed by atoms with Crippen molar-refractivity contribution in [3.05, 3.63) is 0 Å². The summed E-state index contributed by atoms with van der Waals surface area (Å²) in [6, 6.07) is -0.380. The quantitative estimate of drug-likeness (QED) is 0.462. The van der Waals surface area contributed by atoms with Crippen LogP contribution >= 0.6 is 0 Å². The first kappa shape index (κ1) is 19.6. The van der Waals surface area contributed by atoms with Gasteiger partial charge in [-0.15, -0.1) is 0 Å². The highest BCUT2D eigenvalue weighted by atomic mass is 16.5. The SMILES string of the molecule is CC(C(=O)O)N(C)C.OCCOCCOCCO. The summed E-state index contributed by atoms with van der Waals surface area (Å²) in [5.74, 6) is -0.782. The third kappa shape index (κ3) is 15.3. The van der Waals surface area contributed by atoms with Gasteiger partial charge in [-0.3, -0.25) is 9.69 Å². The van der Waals surface area contributed by atoms with E-state index in [1.165, 1.54) is 0 Å². The van der Waals surface area contributed by atoms with Gasteiger partial charge in [0.1, 0.15) is 6.04 Å². The zero-order valence-electron chi connectivity index (χ0n) is 11.3. The Morgan fingerprint density at radius 2 is 1.44 bits per heavy atom. The van der Waals surface area contributed by atoms with E-state index in [4.69, 9.17) is 24.8 Å². The topological polar surface area (TPSA) is 99.5 Å². The fourth-order valence-electron chi connectivity index (χ4n) is 0.672. The van der Waals surface area contributed by atoms with Gasteiger partial charge in [0.05, 0.1) is 39.6 Å². The second-order valence-electron chi connectivity index (χ2n) is 3.65.